The molecule has 0 aromatic carbocycles. The highest BCUT2D eigenvalue weighted by molar-refractivity contribution is 5.77. The fourth-order valence-electron chi connectivity index (χ4n) is 6.48. The minimum atomic E-state index is -0.913. The molecule has 0 radical (unpaired) electrons. The van der Waals surface area contributed by atoms with Crippen molar-refractivity contribution >= 4 is 11.9 Å². The van der Waals surface area contributed by atoms with Crippen LogP contribution in [0.3, 0.4) is 0 Å². The number of hydrogen-bond acceptors (Lipinski definition) is 6. The monoisotopic (exact) mass is 406 g/mol. The van der Waals surface area contributed by atoms with Gasteiger partial charge in [-0.25, -0.2) is 0 Å². The Morgan fingerprint density at radius 1 is 1.17 bits per heavy atom. The van der Waals surface area contributed by atoms with Crippen LogP contribution in [-0.2, 0) is 19.1 Å². The zero-order valence-electron chi connectivity index (χ0n) is 18.2. The standard InChI is InChI=1S/C23H34O6/c1-7-21(3)12-15(26)18-17(19(21)29-13(2)24)14(25)11-16-22(18,4)9-8-10-23(16,5)20(27)28-6/h7,14-16,19,25-26H,1,8-12H2,2-6H3/t14-,15-,16-,19-,21+,22+,23-/m1/s1. The molecule has 3 aliphatic carbocycles. The van der Waals surface area contributed by atoms with Gasteiger partial charge in [-0.15, -0.1) is 6.58 Å². The number of ether oxygens (including phenoxy) is 2. The Labute approximate surface area is 173 Å². The maximum Gasteiger partial charge on any atom is 0.311 e. The molecule has 29 heavy (non-hydrogen) atoms. The Balaban J connectivity index is 2.21. The summed E-state index contributed by atoms with van der Waals surface area (Å²) in [7, 11) is 1.39. The van der Waals surface area contributed by atoms with Crippen LogP contribution in [0.2, 0.25) is 0 Å². The van der Waals surface area contributed by atoms with Crippen LogP contribution in [0.5, 0.6) is 0 Å². The molecule has 0 bridgehead atoms. The quantitative estimate of drug-likeness (QED) is 0.553. The highest BCUT2D eigenvalue weighted by Crippen LogP contribution is 2.63. The number of aliphatic hydroxyl groups is 2. The van der Waals surface area contributed by atoms with E-state index in [1.807, 2.05) is 13.8 Å². The Bertz CT molecular complexity index is 756. The molecule has 1 saturated carbocycles. The number of fused-ring (bicyclic) bond motifs is 2. The molecular formula is C23H34O6. The molecule has 162 valence electrons. The summed E-state index contributed by atoms with van der Waals surface area (Å²) < 4.78 is 10.8. The minimum Gasteiger partial charge on any atom is -0.469 e. The summed E-state index contributed by atoms with van der Waals surface area (Å²) in [4.78, 5) is 24.6. The van der Waals surface area contributed by atoms with Gasteiger partial charge in [0.2, 0.25) is 0 Å². The van der Waals surface area contributed by atoms with Crippen molar-refractivity contribution in [2.45, 2.75) is 78.1 Å². The first-order valence-corrected chi connectivity index (χ1v) is 10.4. The average Bonchev–Trinajstić information content (AvgIpc) is 2.65. The van der Waals surface area contributed by atoms with Crippen LogP contribution in [0.25, 0.3) is 0 Å². The van der Waals surface area contributed by atoms with E-state index < -0.39 is 40.5 Å². The average molecular weight is 407 g/mol. The van der Waals surface area contributed by atoms with Gasteiger partial charge in [0.1, 0.15) is 6.10 Å². The molecular weight excluding hydrogens is 372 g/mol. The summed E-state index contributed by atoms with van der Waals surface area (Å²) >= 11 is 0. The van der Waals surface area contributed by atoms with Crippen LogP contribution in [0.1, 0.15) is 59.8 Å². The number of carbonyl (C=O) groups excluding carboxylic acids is 2. The summed E-state index contributed by atoms with van der Waals surface area (Å²) in [6.07, 6.45) is 2.30. The van der Waals surface area contributed by atoms with Crippen molar-refractivity contribution < 1.29 is 29.3 Å². The predicted molar refractivity (Wildman–Crippen MR) is 108 cm³/mol. The van der Waals surface area contributed by atoms with Gasteiger partial charge in [-0.2, -0.15) is 0 Å². The number of esters is 2. The normalized spacial score (nSPS) is 44.4. The van der Waals surface area contributed by atoms with E-state index in [1.54, 1.807) is 6.08 Å². The Morgan fingerprint density at radius 3 is 2.38 bits per heavy atom. The molecule has 0 saturated heterocycles. The highest BCUT2D eigenvalue weighted by atomic mass is 16.5. The number of aliphatic hydroxyl groups excluding tert-OH is 2. The smallest absolute Gasteiger partial charge is 0.311 e. The highest BCUT2D eigenvalue weighted by Gasteiger charge is 2.62. The van der Waals surface area contributed by atoms with Gasteiger partial charge in [0.25, 0.3) is 0 Å². The lowest BCUT2D eigenvalue weighted by atomic mass is 9.46. The van der Waals surface area contributed by atoms with Crippen LogP contribution >= 0.6 is 0 Å². The minimum absolute atomic E-state index is 0.175. The van der Waals surface area contributed by atoms with Crippen molar-refractivity contribution in [2.75, 3.05) is 7.11 Å². The number of rotatable bonds is 3. The SMILES string of the molecule is C=C[C@@]1(C)C[C@@H](O)C2=C([C@H](O)C[C@H]3[C@](C)(C(=O)OC)CCC[C@]23C)[C@H]1OC(C)=O. The molecule has 7 atom stereocenters. The molecule has 6 nitrogen and oxygen atoms in total. The van der Waals surface area contributed by atoms with Crippen molar-refractivity contribution in [3.8, 4) is 0 Å². The zero-order valence-corrected chi connectivity index (χ0v) is 18.2. The zero-order chi connectivity index (χ0) is 21.8. The van der Waals surface area contributed by atoms with Gasteiger partial charge >= 0.3 is 11.9 Å². The maximum absolute atomic E-state index is 12.7. The van der Waals surface area contributed by atoms with Crippen molar-refractivity contribution in [2.24, 2.45) is 22.2 Å². The molecule has 3 aliphatic rings. The van der Waals surface area contributed by atoms with Crippen LogP contribution in [0.4, 0.5) is 0 Å². The first kappa shape index (κ1) is 22.0. The van der Waals surface area contributed by atoms with E-state index in [0.717, 1.165) is 18.4 Å². The third-order valence-electron chi connectivity index (χ3n) is 7.92. The van der Waals surface area contributed by atoms with E-state index in [9.17, 15) is 19.8 Å². The van der Waals surface area contributed by atoms with Crippen molar-refractivity contribution in [1.29, 1.82) is 0 Å². The number of hydrogen-bond donors (Lipinski definition) is 2. The second-order valence-electron chi connectivity index (χ2n) is 9.77. The van der Waals surface area contributed by atoms with Crippen LogP contribution in [-0.4, -0.2) is 47.6 Å². The molecule has 1 fully saturated rings. The molecule has 3 rings (SSSR count). The summed E-state index contributed by atoms with van der Waals surface area (Å²) in [5.74, 6) is -0.887. The molecule has 0 aromatic heterocycles. The molecule has 0 heterocycles. The van der Waals surface area contributed by atoms with Crippen molar-refractivity contribution in [3.63, 3.8) is 0 Å². The fraction of sp³-hybridized carbons (Fsp3) is 0.739. The molecule has 0 amide bonds. The number of carbonyl (C=O) groups is 2. The Morgan fingerprint density at radius 2 is 1.83 bits per heavy atom. The van der Waals surface area contributed by atoms with Crippen molar-refractivity contribution in [3.05, 3.63) is 23.8 Å². The predicted octanol–water partition coefficient (Wildman–Crippen LogP) is 2.92. The molecule has 2 N–H and O–H groups in total. The first-order valence-electron chi connectivity index (χ1n) is 10.4. The van der Waals surface area contributed by atoms with Gasteiger partial charge in [0.15, 0.2) is 0 Å². The van der Waals surface area contributed by atoms with E-state index in [0.29, 0.717) is 24.8 Å². The van der Waals surface area contributed by atoms with E-state index in [1.165, 1.54) is 14.0 Å². The second kappa shape index (κ2) is 7.24. The lowest BCUT2D eigenvalue weighted by Crippen LogP contribution is -2.59. The van der Waals surface area contributed by atoms with Crippen LogP contribution < -0.4 is 0 Å². The largest absolute Gasteiger partial charge is 0.469 e. The lowest BCUT2D eigenvalue weighted by molar-refractivity contribution is -0.167. The van der Waals surface area contributed by atoms with Gasteiger partial charge in [0.05, 0.1) is 24.7 Å². The summed E-state index contributed by atoms with van der Waals surface area (Å²) in [6.45, 7) is 11.1. The molecule has 0 spiro atoms. The maximum atomic E-state index is 12.7. The second-order valence-corrected chi connectivity index (χ2v) is 9.77. The van der Waals surface area contributed by atoms with Gasteiger partial charge in [-0.3, -0.25) is 9.59 Å². The van der Waals surface area contributed by atoms with Crippen LogP contribution in [0, 0.1) is 22.2 Å². The Hall–Kier alpha value is -1.66. The fourth-order valence-corrected chi connectivity index (χ4v) is 6.48. The van der Waals surface area contributed by atoms with Gasteiger partial charge in [-0.05, 0) is 49.5 Å². The molecule has 0 aromatic rings. The van der Waals surface area contributed by atoms with E-state index >= 15 is 0 Å². The third-order valence-corrected chi connectivity index (χ3v) is 7.92. The van der Waals surface area contributed by atoms with Gasteiger partial charge < -0.3 is 19.7 Å². The Kier molecular flexibility index (Phi) is 5.50. The molecule has 6 heteroatoms. The first-order chi connectivity index (χ1) is 13.4. The summed E-state index contributed by atoms with van der Waals surface area (Å²) in [5.41, 5.74) is -0.586. The van der Waals surface area contributed by atoms with Crippen molar-refractivity contribution in [1.82, 2.24) is 0 Å². The van der Waals surface area contributed by atoms with Gasteiger partial charge in [-0.1, -0.05) is 26.3 Å². The molecule has 0 aliphatic heterocycles. The summed E-state index contributed by atoms with van der Waals surface area (Å²) in [6, 6.07) is 0. The van der Waals surface area contributed by atoms with E-state index in [2.05, 4.69) is 13.5 Å². The lowest BCUT2D eigenvalue weighted by Gasteiger charge is -2.59. The van der Waals surface area contributed by atoms with E-state index in [-0.39, 0.29) is 11.9 Å². The topological polar surface area (TPSA) is 93.1 Å². The number of methoxy groups -OCH3 is 1. The molecule has 0 unspecified atom stereocenters. The van der Waals surface area contributed by atoms with Crippen LogP contribution in [0.15, 0.2) is 23.8 Å². The summed E-state index contributed by atoms with van der Waals surface area (Å²) in [5, 5.41) is 22.5. The third kappa shape index (κ3) is 3.15. The van der Waals surface area contributed by atoms with Gasteiger partial charge in [0, 0.05) is 17.9 Å². The van der Waals surface area contributed by atoms with E-state index in [4.69, 9.17) is 9.47 Å².